The van der Waals surface area contributed by atoms with Crippen LogP contribution in [0.2, 0.25) is 0 Å². The van der Waals surface area contributed by atoms with E-state index in [0.717, 1.165) is 0 Å². The molecule has 0 heterocycles. The minimum absolute atomic E-state index is 0.0844. The Hall–Kier alpha value is -0.700. The fourth-order valence-corrected chi connectivity index (χ4v) is 2.41. The highest BCUT2D eigenvalue weighted by Crippen LogP contribution is 2.37. The number of halogens is 2. The van der Waals surface area contributed by atoms with Crippen LogP contribution in [0.1, 0.15) is 0 Å². The van der Waals surface area contributed by atoms with Gasteiger partial charge in [0.1, 0.15) is 18.5 Å². The van der Waals surface area contributed by atoms with Gasteiger partial charge in [-0.2, -0.15) is 0 Å². The van der Waals surface area contributed by atoms with Crippen LogP contribution in [-0.4, -0.2) is 34.5 Å². The molecule has 94 valence electrons. The van der Waals surface area contributed by atoms with E-state index in [1.54, 1.807) is 0 Å². The Kier molecular flexibility index (Phi) is 5.31. The second kappa shape index (κ2) is 6.29. The molecular weight excluding hydrogens is 362 g/mol. The highest BCUT2D eigenvalue weighted by Gasteiger charge is 2.16. The molecule has 17 heavy (non-hydrogen) atoms. The van der Waals surface area contributed by atoms with E-state index < -0.39 is 17.6 Å². The molecule has 0 bridgehead atoms. The normalized spacial score (nSPS) is 12.2. The molecule has 0 saturated heterocycles. The molecule has 8 heteroatoms. The highest BCUT2D eigenvalue weighted by atomic mass is 79.9. The molecule has 0 aliphatic rings. The van der Waals surface area contributed by atoms with Crippen LogP contribution in [0.25, 0.3) is 0 Å². The molecule has 0 aromatic heterocycles. The quantitative estimate of drug-likeness (QED) is 0.609. The summed E-state index contributed by atoms with van der Waals surface area (Å²) in [5.41, 5.74) is -0.0844. The molecule has 1 unspecified atom stereocenters. The summed E-state index contributed by atoms with van der Waals surface area (Å²) >= 11 is 6.27. The molecule has 6 nitrogen and oxygen atoms in total. The molecule has 0 aliphatic heterocycles. The van der Waals surface area contributed by atoms with Gasteiger partial charge in [-0.05, 0) is 31.9 Å². The molecule has 1 atom stereocenters. The van der Waals surface area contributed by atoms with Crippen LogP contribution in [-0.2, 0) is 0 Å². The van der Waals surface area contributed by atoms with Crippen LogP contribution in [0, 0.1) is 10.1 Å². The lowest BCUT2D eigenvalue weighted by Crippen LogP contribution is -2.21. The minimum Gasteiger partial charge on any atom is -0.488 e. The van der Waals surface area contributed by atoms with Crippen LogP contribution < -0.4 is 4.74 Å². The highest BCUT2D eigenvalue weighted by molar-refractivity contribution is 9.11. The summed E-state index contributed by atoms with van der Waals surface area (Å²) < 4.78 is 6.01. The number of ether oxygens (including phenoxy) is 1. The maximum absolute atomic E-state index is 10.6. The molecule has 0 amide bonds. The third kappa shape index (κ3) is 3.91. The predicted molar refractivity (Wildman–Crippen MR) is 67.1 cm³/mol. The fraction of sp³-hybridized carbons (Fsp3) is 0.333. The van der Waals surface area contributed by atoms with Gasteiger partial charge in [-0.15, -0.1) is 0 Å². The average molecular weight is 371 g/mol. The van der Waals surface area contributed by atoms with Gasteiger partial charge in [0.05, 0.1) is 20.5 Å². The van der Waals surface area contributed by atoms with E-state index in [-0.39, 0.29) is 12.3 Å². The number of hydrogen-bond acceptors (Lipinski definition) is 5. The van der Waals surface area contributed by atoms with E-state index in [0.29, 0.717) is 14.7 Å². The van der Waals surface area contributed by atoms with Gasteiger partial charge in [-0.3, -0.25) is 10.1 Å². The van der Waals surface area contributed by atoms with E-state index in [4.69, 9.17) is 14.9 Å². The third-order valence-corrected chi connectivity index (χ3v) is 3.00. The summed E-state index contributed by atoms with van der Waals surface area (Å²) in [6.07, 6.45) is -0.996. The lowest BCUT2D eigenvalue weighted by atomic mass is 10.3. The van der Waals surface area contributed by atoms with Crippen molar-refractivity contribution in [3.8, 4) is 5.75 Å². The van der Waals surface area contributed by atoms with Crippen molar-refractivity contribution in [3.63, 3.8) is 0 Å². The minimum atomic E-state index is -0.996. The van der Waals surface area contributed by atoms with Crippen LogP contribution in [0.4, 0.5) is 5.69 Å². The predicted octanol–water partition coefficient (Wildman–Crippen LogP) is 1.85. The molecule has 1 rings (SSSR count). The van der Waals surface area contributed by atoms with Crippen LogP contribution >= 0.6 is 31.9 Å². The van der Waals surface area contributed by atoms with Gasteiger partial charge >= 0.3 is 0 Å². The Bertz CT molecular complexity index is 403. The number of benzene rings is 1. The maximum Gasteiger partial charge on any atom is 0.271 e. The smallest absolute Gasteiger partial charge is 0.271 e. The molecular formula is C9H9Br2NO5. The van der Waals surface area contributed by atoms with E-state index in [1.807, 2.05) is 0 Å². The summed E-state index contributed by atoms with van der Waals surface area (Å²) in [5, 5.41) is 28.3. The second-order valence-electron chi connectivity index (χ2n) is 3.14. The van der Waals surface area contributed by atoms with Gasteiger partial charge in [0.2, 0.25) is 0 Å². The zero-order chi connectivity index (χ0) is 13.0. The first-order valence-electron chi connectivity index (χ1n) is 4.51. The lowest BCUT2D eigenvalue weighted by molar-refractivity contribution is -0.385. The van der Waals surface area contributed by atoms with E-state index in [2.05, 4.69) is 31.9 Å². The zero-order valence-corrected chi connectivity index (χ0v) is 11.6. The van der Waals surface area contributed by atoms with Gasteiger partial charge in [-0.25, -0.2) is 0 Å². The molecule has 0 radical (unpaired) electrons. The molecule has 2 N–H and O–H groups in total. The zero-order valence-electron chi connectivity index (χ0n) is 8.47. The van der Waals surface area contributed by atoms with Gasteiger partial charge in [0, 0.05) is 12.1 Å². The molecule has 0 fully saturated rings. The summed E-state index contributed by atoms with van der Waals surface area (Å²) in [7, 11) is 0. The first-order valence-corrected chi connectivity index (χ1v) is 6.09. The van der Waals surface area contributed by atoms with Crippen molar-refractivity contribution < 1.29 is 19.9 Å². The summed E-state index contributed by atoms with van der Waals surface area (Å²) in [5.74, 6) is 0.336. The molecule has 0 spiro atoms. The third-order valence-electron chi connectivity index (χ3n) is 1.82. The first-order chi connectivity index (χ1) is 7.95. The number of aliphatic hydroxyl groups excluding tert-OH is 2. The van der Waals surface area contributed by atoms with Crippen molar-refractivity contribution in [2.45, 2.75) is 6.10 Å². The second-order valence-corrected chi connectivity index (χ2v) is 4.85. The standard InChI is InChI=1S/C9H9Br2NO5/c10-7-1-5(12(15)16)2-8(11)9(7)17-4-6(14)3-13/h1-2,6,13-14H,3-4H2. The molecule has 0 saturated carbocycles. The summed E-state index contributed by atoms with van der Waals surface area (Å²) in [4.78, 5) is 10.1. The SMILES string of the molecule is O=[N+]([O-])c1cc(Br)c(OCC(O)CO)c(Br)c1. The Morgan fingerprint density at radius 1 is 1.41 bits per heavy atom. The number of nitro groups is 1. The van der Waals surface area contributed by atoms with Crippen LogP contribution in [0.15, 0.2) is 21.1 Å². The van der Waals surface area contributed by atoms with Crippen LogP contribution in [0.5, 0.6) is 5.75 Å². The topological polar surface area (TPSA) is 92.8 Å². The summed E-state index contributed by atoms with van der Waals surface area (Å²) in [6.45, 7) is -0.520. The number of non-ortho nitro benzene ring substituents is 1. The number of nitrogens with zero attached hydrogens (tertiary/aromatic N) is 1. The monoisotopic (exact) mass is 369 g/mol. The Morgan fingerprint density at radius 2 is 1.94 bits per heavy atom. The number of hydrogen-bond donors (Lipinski definition) is 2. The molecule has 0 aliphatic carbocycles. The van der Waals surface area contributed by atoms with Crippen molar-refractivity contribution in [2.75, 3.05) is 13.2 Å². The number of nitro benzene ring substituents is 1. The van der Waals surface area contributed by atoms with Gasteiger partial charge in [0.15, 0.2) is 0 Å². The number of aliphatic hydroxyl groups is 2. The fourth-order valence-electron chi connectivity index (χ4n) is 1.02. The van der Waals surface area contributed by atoms with Crippen molar-refractivity contribution in [2.24, 2.45) is 0 Å². The van der Waals surface area contributed by atoms with Gasteiger partial charge in [0.25, 0.3) is 5.69 Å². The van der Waals surface area contributed by atoms with E-state index >= 15 is 0 Å². The lowest BCUT2D eigenvalue weighted by Gasteiger charge is -2.12. The van der Waals surface area contributed by atoms with Crippen molar-refractivity contribution in [1.82, 2.24) is 0 Å². The van der Waals surface area contributed by atoms with E-state index in [1.165, 1.54) is 12.1 Å². The van der Waals surface area contributed by atoms with Crippen molar-refractivity contribution in [3.05, 3.63) is 31.2 Å². The Labute approximate surface area is 114 Å². The van der Waals surface area contributed by atoms with Gasteiger partial charge in [-0.1, -0.05) is 0 Å². The van der Waals surface area contributed by atoms with Crippen molar-refractivity contribution >= 4 is 37.5 Å². The Balaban J connectivity index is 2.90. The maximum atomic E-state index is 10.6. The summed E-state index contributed by atoms with van der Waals surface area (Å²) in [6, 6.07) is 2.59. The Morgan fingerprint density at radius 3 is 2.35 bits per heavy atom. The average Bonchev–Trinajstić information content (AvgIpc) is 2.27. The molecule has 1 aromatic rings. The van der Waals surface area contributed by atoms with Crippen molar-refractivity contribution in [1.29, 1.82) is 0 Å². The van der Waals surface area contributed by atoms with Gasteiger partial charge < -0.3 is 14.9 Å². The number of rotatable bonds is 5. The van der Waals surface area contributed by atoms with Crippen LogP contribution in [0.3, 0.4) is 0 Å². The largest absolute Gasteiger partial charge is 0.488 e. The van der Waals surface area contributed by atoms with E-state index in [9.17, 15) is 10.1 Å². The molecule has 1 aromatic carbocycles. The first kappa shape index (κ1) is 14.4.